The second kappa shape index (κ2) is 16.2. The van der Waals surface area contributed by atoms with Gasteiger partial charge in [-0.2, -0.15) is 12.1 Å². The molecule has 0 fully saturated rings. The normalized spacial score (nSPS) is 15.2. The molecule has 1 aliphatic heterocycles. The second-order valence-electron chi connectivity index (χ2n) is 18.0. The molecule has 0 N–H and O–H groups in total. The van der Waals surface area contributed by atoms with E-state index in [-0.39, 0.29) is 31.7 Å². The molecule has 6 aromatic carbocycles. The Morgan fingerprint density at radius 3 is 2.19 bits per heavy atom. The van der Waals surface area contributed by atoms with Crippen LogP contribution in [0.2, 0.25) is 19.6 Å². The van der Waals surface area contributed by atoms with Gasteiger partial charge in [0.25, 0.3) is 0 Å². The van der Waals surface area contributed by atoms with Crippen LogP contribution >= 0.6 is 0 Å². The van der Waals surface area contributed by atoms with Crippen LogP contribution in [0.4, 0.5) is 17.1 Å². The van der Waals surface area contributed by atoms with Crippen molar-refractivity contribution in [2.75, 3.05) is 4.90 Å². The van der Waals surface area contributed by atoms with Crippen molar-refractivity contribution in [3.8, 4) is 11.3 Å². The van der Waals surface area contributed by atoms with Gasteiger partial charge in [-0.1, -0.05) is 132 Å². The van der Waals surface area contributed by atoms with E-state index in [1.54, 1.807) is 0 Å². The first-order valence-corrected chi connectivity index (χ1v) is 23.9. The second-order valence-corrected chi connectivity index (χ2v) is 23.0. The molecule has 0 aliphatic carbocycles. The number of anilines is 2. The Morgan fingerprint density at radius 2 is 1.53 bits per heavy atom. The van der Waals surface area contributed by atoms with Crippen LogP contribution in [0.25, 0.3) is 49.3 Å². The van der Waals surface area contributed by atoms with E-state index >= 15 is 0 Å². The molecule has 4 nitrogen and oxygen atoms in total. The van der Waals surface area contributed by atoms with E-state index in [4.69, 9.17) is 16.1 Å². The van der Waals surface area contributed by atoms with Gasteiger partial charge >= 0.3 is 20.1 Å². The fourth-order valence-corrected chi connectivity index (χ4v) is 9.74. The van der Waals surface area contributed by atoms with E-state index in [9.17, 15) is 0 Å². The van der Waals surface area contributed by atoms with Gasteiger partial charge in [0.2, 0.25) is 0 Å². The standard InChI is InChI=1S/C33H26N2O.C20H28NSi.Ir/c1-19-12-14-25-29(16-19)36-32-26(15-13-20(2)30(25)32)33-34-27-17-23-10-5-6-11-24(23)18-28(27)35(33)31-21(3)8-7-9-22(31)4;1-15(20(2,3)4)17-13-18(16-11-9-8-10-12-16)21-14-19(17)22(5,6)7;/h5-14,16-18,33H,1-4H3;8-11,13-15H,1-7H3;/q-2;-1;+3/i;15D;. The van der Waals surface area contributed by atoms with Crippen molar-refractivity contribution < 1.29 is 25.9 Å². The molecule has 2 atom stereocenters. The predicted molar refractivity (Wildman–Crippen MR) is 249 cm³/mol. The molecule has 6 heteroatoms. The quantitative estimate of drug-likeness (QED) is 0.127. The fraction of sp³-hybridized carbons (Fsp3) is 0.264. The maximum Gasteiger partial charge on any atom is 3.00 e. The number of hydrogen-bond acceptors (Lipinski definition) is 3. The first-order valence-electron chi connectivity index (χ1n) is 20.9. The third-order valence-electron chi connectivity index (χ3n) is 11.7. The monoisotopic (exact) mass is 970 g/mol. The number of nitrogens with zero attached hydrogens (tertiary/aromatic N) is 3. The maximum atomic E-state index is 9.08. The summed E-state index contributed by atoms with van der Waals surface area (Å²) in [5.74, 6) is -0.672. The fourth-order valence-electron chi connectivity index (χ4n) is 8.22. The van der Waals surface area contributed by atoms with Crippen LogP contribution < -0.4 is 10.1 Å². The number of pyridine rings is 1. The van der Waals surface area contributed by atoms with Crippen LogP contribution in [0.5, 0.6) is 0 Å². The molecule has 0 bridgehead atoms. The van der Waals surface area contributed by atoms with Gasteiger partial charge in [0.1, 0.15) is 5.58 Å². The first-order chi connectivity index (χ1) is 27.9. The van der Waals surface area contributed by atoms with Crippen molar-refractivity contribution in [2.45, 2.75) is 87.1 Å². The molecule has 300 valence electrons. The molecule has 0 spiro atoms. The Hall–Kier alpha value is -5.00. The van der Waals surface area contributed by atoms with E-state index in [0.717, 1.165) is 61.3 Å². The van der Waals surface area contributed by atoms with Crippen LogP contribution in [0, 0.1) is 45.2 Å². The van der Waals surface area contributed by atoms with Crippen LogP contribution in [0.3, 0.4) is 0 Å². The average Bonchev–Trinajstić information content (AvgIpc) is 3.75. The predicted octanol–water partition coefficient (Wildman–Crippen LogP) is 14.9. The number of hydrogen-bond donors (Lipinski definition) is 0. The summed E-state index contributed by atoms with van der Waals surface area (Å²) >= 11 is 0. The van der Waals surface area contributed by atoms with Crippen molar-refractivity contribution in [2.24, 2.45) is 5.41 Å². The smallest absolute Gasteiger partial charge is 0.661 e. The van der Waals surface area contributed by atoms with Gasteiger partial charge in [-0.05, 0) is 88.7 Å². The Balaban J connectivity index is 0.000000198. The van der Waals surface area contributed by atoms with Crippen molar-refractivity contribution in [1.82, 2.24) is 4.98 Å². The minimum Gasteiger partial charge on any atom is -0.661 e. The first kappa shape index (κ1) is 40.8. The van der Waals surface area contributed by atoms with Gasteiger partial charge in [0.15, 0.2) is 0 Å². The van der Waals surface area contributed by atoms with Gasteiger partial charge in [-0.3, -0.25) is 0 Å². The van der Waals surface area contributed by atoms with Gasteiger partial charge in [-0.25, -0.2) is 0 Å². The number of fused-ring (bicyclic) bond motifs is 5. The summed E-state index contributed by atoms with van der Waals surface area (Å²) in [5, 5.41) is 11.3. The Labute approximate surface area is 366 Å². The molecule has 8 aromatic rings. The third-order valence-corrected chi connectivity index (χ3v) is 13.7. The molecule has 9 rings (SSSR count). The molecule has 0 amide bonds. The van der Waals surface area contributed by atoms with Crippen molar-refractivity contribution >= 4 is 63.0 Å². The third kappa shape index (κ3) is 8.03. The maximum absolute atomic E-state index is 9.08. The molecule has 0 saturated heterocycles. The zero-order chi connectivity index (χ0) is 42.0. The van der Waals surface area contributed by atoms with Gasteiger partial charge < -0.3 is 19.6 Å². The number of rotatable bonds is 5. The van der Waals surface area contributed by atoms with Crippen molar-refractivity contribution in [3.63, 3.8) is 0 Å². The number of benzene rings is 6. The molecule has 0 saturated carbocycles. The molecule has 2 unspecified atom stereocenters. The molecule has 3 heterocycles. The number of furan rings is 1. The molecular formula is C53H54IrN3OSi. The Kier molecular flexibility index (Phi) is 11.2. The topological polar surface area (TPSA) is 43.4 Å². The Bertz CT molecular complexity index is 2850. The van der Waals surface area contributed by atoms with E-state index in [1.807, 2.05) is 37.4 Å². The van der Waals surface area contributed by atoms with Gasteiger partial charge in [-0.15, -0.1) is 52.7 Å². The van der Waals surface area contributed by atoms with E-state index in [1.165, 1.54) is 38.3 Å². The van der Waals surface area contributed by atoms with Crippen LogP contribution in [0.15, 0.2) is 120 Å². The summed E-state index contributed by atoms with van der Waals surface area (Å²) in [4.78, 5) is 7.07. The number of aryl methyl sites for hydroxylation is 4. The zero-order valence-corrected chi connectivity index (χ0v) is 39.5. The SMILES string of the molecule is Cc1ccc2c(c1)oc1c(C3[N-]c4cc5ccccc5cc4N3c3c(C)cccc3C)[c-]cc(C)c12.[2H]C(C)(c1cc(-c2[c-]cccc2)ncc1[Si](C)(C)C)C(C)(C)C.[Ir+3]. The van der Waals surface area contributed by atoms with Crippen LogP contribution in [-0.4, -0.2) is 13.1 Å². The van der Waals surface area contributed by atoms with Crippen molar-refractivity contribution in [1.29, 1.82) is 0 Å². The number of para-hydroxylation sites is 1. The molecule has 0 radical (unpaired) electrons. The van der Waals surface area contributed by atoms with Gasteiger partial charge in [0.05, 0.1) is 8.07 Å². The summed E-state index contributed by atoms with van der Waals surface area (Å²) in [5.41, 5.74) is 13.7. The minimum atomic E-state index is -1.58. The molecule has 59 heavy (non-hydrogen) atoms. The molecule has 1 aliphatic rings. The summed E-state index contributed by atoms with van der Waals surface area (Å²) in [6, 6.07) is 44.8. The van der Waals surface area contributed by atoms with Gasteiger partial charge in [0, 0.05) is 29.9 Å². The van der Waals surface area contributed by atoms with E-state index < -0.39 is 14.0 Å². The van der Waals surface area contributed by atoms with Crippen molar-refractivity contribution in [3.05, 3.63) is 166 Å². The molecule has 2 aromatic heterocycles. The number of aromatic nitrogens is 1. The largest absolute Gasteiger partial charge is 3.00 e. The summed E-state index contributed by atoms with van der Waals surface area (Å²) in [6.07, 6.45) is 1.73. The molecular weight excluding hydrogens is 915 g/mol. The summed E-state index contributed by atoms with van der Waals surface area (Å²) < 4.78 is 15.6. The minimum absolute atomic E-state index is 0. The average molecular weight is 970 g/mol. The summed E-state index contributed by atoms with van der Waals surface area (Å²) in [6.45, 7) is 24.0. The van der Waals surface area contributed by atoms with Crippen LogP contribution in [0.1, 0.15) is 74.5 Å². The van der Waals surface area contributed by atoms with Crippen LogP contribution in [-0.2, 0) is 20.1 Å². The van der Waals surface area contributed by atoms with E-state index in [2.05, 4.69) is 170 Å². The Morgan fingerprint density at radius 1 is 0.831 bits per heavy atom. The summed E-state index contributed by atoms with van der Waals surface area (Å²) in [7, 11) is -1.58. The van der Waals surface area contributed by atoms with E-state index in [0.29, 0.717) is 0 Å². The zero-order valence-electron chi connectivity index (χ0n) is 37.1.